The van der Waals surface area contributed by atoms with Crippen molar-refractivity contribution in [3.8, 4) is 5.75 Å². The third kappa shape index (κ3) is 5.35. The van der Waals surface area contributed by atoms with Gasteiger partial charge in [0.1, 0.15) is 5.75 Å². The van der Waals surface area contributed by atoms with Gasteiger partial charge in [0.2, 0.25) is 5.91 Å². The number of methoxy groups -OCH3 is 1. The predicted molar refractivity (Wildman–Crippen MR) is 165 cm³/mol. The maximum absolute atomic E-state index is 14.0. The van der Waals surface area contributed by atoms with Crippen molar-refractivity contribution in [3.63, 3.8) is 0 Å². The fourth-order valence-electron chi connectivity index (χ4n) is 7.13. The minimum Gasteiger partial charge on any atom is -0.497 e. The molecular formula is C33H40N4O4S. The summed E-state index contributed by atoms with van der Waals surface area (Å²) in [6, 6.07) is 13.6. The molecule has 1 aromatic heterocycles. The maximum Gasteiger partial charge on any atom is 0.264 e. The lowest BCUT2D eigenvalue weighted by molar-refractivity contribution is -0.129. The van der Waals surface area contributed by atoms with E-state index in [1.54, 1.807) is 23.5 Å². The standard InChI is InChI=1S/C33H40N4O4S/c1-24-19-29(41-3)20-25(2)32(24)42(39,40)37-15-4-5-27-7-6-26(21-30(27)37)22-31(38)36-18-12-33(23-36)10-16-35(17-11-33)28-8-13-34-14-9-28/h6-9,13-14,19-21H,4-5,10-12,15-18,22-23H2,1-3H3. The molecule has 3 aromatic rings. The Kier molecular flexibility index (Phi) is 7.64. The van der Waals surface area contributed by atoms with Crippen LogP contribution in [0, 0.1) is 19.3 Å². The fraction of sp³-hybridized carbons (Fsp3) is 0.455. The summed E-state index contributed by atoms with van der Waals surface area (Å²) in [4.78, 5) is 22.4. The number of carbonyl (C=O) groups excluding carboxylic acids is 1. The molecule has 3 aliphatic heterocycles. The highest BCUT2D eigenvalue weighted by atomic mass is 32.2. The van der Waals surface area contributed by atoms with Gasteiger partial charge in [-0.1, -0.05) is 12.1 Å². The van der Waals surface area contributed by atoms with E-state index in [0.717, 1.165) is 69.4 Å². The SMILES string of the molecule is COc1cc(C)c(S(=O)(=O)N2CCCc3ccc(CC(=O)N4CCC5(CCN(c6ccncc6)CC5)C4)cc32)c(C)c1. The molecule has 0 saturated carbocycles. The number of pyridine rings is 1. The van der Waals surface area contributed by atoms with Crippen LogP contribution in [0.15, 0.2) is 59.8 Å². The molecule has 8 nitrogen and oxygen atoms in total. The summed E-state index contributed by atoms with van der Waals surface area (Å²) in [5.74, 6) is 0.766. The van der Waals surface area contributed by atoms with E-state index >= 15 is 0 Å². The van der Waals surface area contributed by atoms with Crippen LogP contribution in [0.25, 0.3) is 0 Å². The summed E-state index contributed by atoms with van der Waals surface area (Å²) >= 11 is 0. The molecular weight excluding hydrogens is 548 g/mol. The number of likely N-dealkylation sites (tertiary alicyclic amines) is 1. The second-order valence-electron chi connectivity index (χ2n) is 12.2. The number of hydrogen-bond acceptors (Lipinski definition) is 6. The molecule has 0 unspecified atom stereocenters. The number of aryl methyl sites for hydroxylation is 3. The number of benzene rings is 2. The molecule has 0 bridgehead atoms. The Morgan fingerprint density at radius 3 is 2.33 bits per heavy atom. The van der Waals surface area contributed by atoms with Crippen molar-refractivity contribution < 1.29 is 17.9 Å². The van der Waals surface area contributed by atoms with Crippen molar-refractivity contribution in [3.05, 3.63) is 77.1 Å². The third-order valence-electron chi connectivity index (χ3n) is 9.44. The van der Waals surface area contributed by atoms with Crippen molar-refractivity contribution in [1.29, 1.82) is 0 Å². The number of sulfonamides is 1. The van der Waals surface area contributed by atoms with Gasteiger partial charge in [-0.25, -0.2) is 8.42 Å². The van der Waals surface area contributed by atoms with Crippen LogP contribution in [-0.4, -0.2) is 64.0 Å². The molecule has 4 heterocycles. The van der Waals surface area contributed by atoms with Gasteiger partial charge in [0.05, 0.1) is 24.1 Å². The summed E-state index contributed by atoms with van der Waals surface area (Å²) in [6.45, 7) is 7.63. The van der Waals surface area contributed by atoms with E-state index in [4.69, 9.17) is 4.74 Å². The largest absolute Gasteiger partial charge is 0.497 e. The highest BCUT2D eigenvalue weighted by Crippen LogP contribution is 2.42. The van der Waals surface area contributed by atoms with Crippen LogP contribution in [0.4, 0.5) is 11.4 Å². The van der Waals surface area contributed by atoms with Gasteiger partial charge < -0.3 is 14.5 Å². The van der Waals surface area contributed by atoms with E-state index in [0.29, 0.717) is 34.0 Å². The second kappa shape index (κ2) is 11.2. The van der Waals surface area contributed by atoms with Crippen LogP contribution in [0.2, 0.25) is 0 Å². The number of aromatic nitrogens is 1. The van der Waals surface area contributed by atoms with Crippen LogP contribution in [-0.2, 0) is 27.7 Å². The van der Waals surface area contributed by atoms with Crippen LogP contribution in [0.3, 0.4) is 0 Å². The van der Waals surface area contributed by atoms with E-state index in [1.165, 1.54) is 5.69 Å². The molecule has 2 aromatic carbocycles. The maximum atomic E-state index is 14.0. The van der Waals surface area contributed by atoms with E-state index in [1.807, 2.05) is 49.3 Å². The molecule has 3 aliphatic rings. The van der Waals surface area contributed by atoms with Gasteiger partial charge in [-0.3, -0.25) is 14.1 Å². The molecule has 0 atom stereocenters. The van der Waals surface area contributed by atoms with Crippen LogP contribution < -0.4 is 13.9 Å². The van der Waals surface area contributed by atoms with Gasteiger partial charge in [-0.2, -0.15) is 0 Å². The number of ether oxygens (including phenoxy) is 1. The first-order chi connectivity index (χ1) is 20.2. The monoisotopic (exact) mass is 588 g/mol. The molecule has 42 heavy (non-hydrogen) atoms. The Morgan fingerprint density at radius 1 is 0.952 bits per heavy atom. The van der Waals surface area contributed by atoms with Gasteiger partial charge in [0.15, 0.2) is 0 Å². The Hall–Kier alpha value is -3.59. The fourth-order valence-corrected chi connectivity index (χ4v) is 9.08. The molecule has 0 N–H and O–H groups in total. The smallest absolute Gasteiger partial charge is 0.264 e. The van der Waals surface area contributed by atoms with Gasteiger partial charge in [-0.15, -0.1) is 0 Å². The minimum absolute atomic E-state index is 0.121. The van der Waals surface area contributed by atoms with E-state index in [9.17, 15) is 13.2 Å². The van der Waals surface area contributed by atoms with E-state index < -0.39 is 10.0 Å². The van der Waals surface area contributed by atoms with Gasteiger partial charge in [-0.05, 0) is 104 Å². The zero-order chi connectivity index (χ0) is 29.5. The number of carbonyl (C=O) groups is 1. The number of fused-ring (bicyclic) bond motifs is 1. The molecule has 9 heteroatoms. The van der Waals surface area contributed by atoms with E-state index in [2.05, 4.69) is 22.0 Å². The molecule has 222 valence electrons. The molecule has 1 amide bonds. The van der Waals surface area contributed by atoms with Gasteiger partial charge >= 0.3 is 0 Å². The average molecular weight is 589 g/mol. The van der Waals surface area contributed by atoms with Crippen molar-refractivity contribution in [2.75, 3.05) is 49.0 Å². The number of hydrogen-bond donors (Lipinski definition) is 0. The molecule has 2 saturated heterocycles. The van der Waals surface area contributed by atoms with Gasteiger partial charge in [0, 0.05) is 50.8 Å². The zero-order valence-electron chi connectivity index (χ0n) is 24.8. The quantitative estimate of drug-likeness (QED) is 0.407. The molecule has 0 aliphatic carbocycles. The highest BCUT2D eigenvalue weighted by Gasteiger charge is 2.42. The highest BCUT2D eigenvalue weighted by molar-refractivity contribution is 7.93. The summed E-state index contributed by atoms with van der Waals surface area (Å²) in [6.07, 6.45) is 8.73. The summed E-state index contributed by atoms with van der Waals surface area (Å²) in [5, 5.41) is 0. The zero-order valence-corrected chi connectivity index (χ0v) is 25.6. The topological polar surface area (TPSA) is 83.0 Å². The van der Waals surface area contributed by atoms with Crippen molar-refractivity contribution in [2.24, 2.45) is 5.41 Å². The number of piperidine rings is 1. The lowest BCUT2D eigenvalue weighted by Crippen LogP contribution is -2.42. The summed E-state index contributed by atoms with van der Waals surface area (Å²) in [7, 11) is -2.21. The van der Waals surface area contributed by atoms with Gasteiger partial charge in [0.25, 0.3) is 10.0 Å². The third-order valence-corrected chi connectivity index (χ3v) is 11.6. The first-order valence-corrected chi connectivity index (χ1v) is 16.4. The molecule has 6 rings (SSSR count). The Morgan fingerprint density at radius 2 is 1.64 bits per heavy atom. The number of amides is 1. The Bertz CT molecular complexity index is 1560. The van der Waals surface area contributed by atoms with Crippen LogP contribution >= 0.6 is 0 Å². The first-order valence-electron chi connectivity index (χ1n) is 14.9. The molecule has 2 fully saturated rings. The van der Waals surface area contributed by atoms with Crippen molar-refractivity contribution in [1.82, 2.24) is 9.88 Å². The lowest BCUT2D eigenvalue weighted by Gasteiger charge is -2.40. The predicted octanol–water partition coefficient (Wildman–Crippen LogP) is 4.91. The number of nitrogens with zero attached hydrogens (tertiary/aromatic N) is 4. The first kappa shape index (κ1) is 28.5. The van der Waals surface area contributed by atoms with Crippen LogP contribution in [0.1, 0.15) is 47.9 Å². The summed E-state index contributed by atoms with van der Waals surface area (Å²) < 4.78 is 34.9. The van der Waals surface area contributed by atoms with Crippen LogP contribution in [0.5, 0.6) is 5.75 Å². The Labute approximate surface area is 249 Å². The number of anilines is 2. The lowest BCUT2D eigenvalue weighted by atomic mass is 9.77. The van der Waals surface area contributed by atoms with E-state index in [-0.39, 0.29) is 17.7 Å². The Balaban J connectivity index is 1.16. The summed E-state index contributed by atoms with van der Waals surface area (Å²) in [5.41, 5.74) is 5.30. The average Bonchev–Trinajstić information content (AvgIpc) is 3.40. The minimum atomic E-state index is -3.79. The van der Waals surface area contributed by atoms with Crippen molar-refractivity contribution in [2.45, 2.75) is 57.3 Å². The normalized spacial score (nSPS) is 18.3. The van der Waals surface area contributed by atoms with Crippen molar-refractivity contribution >= 4 is 27.3 Å². The molecule has 0 radical (unpaired) electrons. The second-order valence-corrected chi connectivity index (χ2v) is 14.0. The number of rotatable bonds is 6. The molecule has 1 spiro atoms.